The molecule has 112 valence electrons. The largest absolute Gasteiger partial charge is 0.457 e. The van der Waals surface area contributed by atoms with E-state index >= 15 is 0 Å². The number of ether oxygens (including phenoxy) is 1. The molecule has 23 heavy (non-hydrogen) atoms. The normalized spacial score (nSPS) is 10.8. The topological polar surface area (TPSA) is 63.7 Å². The Morgan fingerprint density at radius 1 is 1.00 bits per heavy atom. The second-order valence-corrected chi connectivity index (χ2v) is 5.25. The average Bonchev–Trinajstić information content (AvgIpc) is 3.00. The fraction of sp³-hybridized carbons (Fsp3) is 0.0556. The van der Waals surface area contributed by atoms with Crippen LogP contribution >= 0.6 is 0 Å². The van der Waals surface area contributed by atoms with Crippen molar-refractivity contribution in [3.63, 3.8) is 0 Å². The summed E-state index contributed by atoms with van der Waals surface area (Å²) in [6.45, 7) is 2.05. The molecular weight excluding hydrogens is 288 g/mol. The minimum Gasteiger partial charge on any atom is -0.457 e. The number of aromatic amines is 1. The third-order valence-corrected chi connectivity index (χ3v) is 3.68. The first kappa shape index (κ1) is 13.5. The van der Waals surface area contributed by atoms with Gasteiger partial charge in [-0.3, -0.25) is 5.10 Å². The third-order valence-electron chi connectivity index (χ3n) is 3.68. The van der Waals surface area contributed by atoms with Crippen LogP contribution in [0.25, 0.3) is 22.3 Å². The molecule has 0 spiro atoms. The summed E-state index contributed by atoms with van der Waals surface area (Å²) in [7, 11) is 0. The van der Waals surface area contributed by atoms with Gasteiger partial charge in [-0.2, -0.15) is 5.10 Å². The molecule has 2 aromatic carbocycles. The van der Waals surface area contributed by atoms with Gasteiger partial charge < -0.3 is 4.74 Å². The van der Waals surface area contributed by atoms with Crippen molar-refractivity contribution in [2.24, 2.45) is 0 Å². The van der Waals surface area contributed by atoms with Crippen LogP contribution in [0.5, 0.6) is 11.5 Å². The van der Waals surface area contributed by atoms with Gasteiger partial charge in [0.15, 0.2) is 5.65 Å². The Morgan fingerprint density at radius 2 is 1.87 bits per heavy atom. The highest BCUT2D eigenvalue weighted by molar-refractivity contribution is 5.90. The third kappa shape index (κ3) is 2.53. The van der Waals surface area contributed by atoms with Gasteiger partial charge in [0.05, 0.1) is 11.1 Å². The zero-order valence-corrected chi connectivity index (χ0v) is 12.5. The van der Waals surface area contributed by atoms with Crippen LogP contribution in [0.1, 0.15) is 5.56 Å². The summed E-state index contributed by atoms with van der Waals surface area (Å²) in [5.41, 5.74) is 3.74. The van der Waals surface area contributed by atoms with Crippen molar-refractivity contribution in [1.29, 1.82) is 0 Å². The number of hydrogen-bond acceptors (Lipinski definition) is 4. The predicted octanol–water partition coefficient (Wildman–Crippen LogP) is 4.12. The second kappa shape index (κ2) is 5.53. The zero-order valence-electron chi connectivity index (χ0n) is 12.5. The van der Waals surface area contributed by atoms with Crippen LogP contribution in [0.3, 0.4) is 0 Å². The molecule has 5 nitrogen and oxygen atoms in total. The van der Waals surface area contributed by atoms with Crippen molar-refractivity contribution in [2.75, 3.05) is 0 Å². The molecular formula is C18H14N4O. The summed E-state index contributed by atoms with van der Waals surface area (Å²) >= 11 is 0. The van der Waals surface area contributed by atoms with Gasteiger partial charge in [0.25, 0.3) is 0 Å². The molecule has 0 aliphatic carbocycles. The van der Waals surface area contributed by atoms with E-state index in [-0.39, 0.29) is 0 Å². The molecule has 0 unspecified atom stereocenters. The minimum atomic E-state index is 0.666. The molecule has 5 heteroatoms. The fourth-order valence-electron chi connectivity index (χ4n) is 2.57. The molecule has 0 aliphatic heterocycles. The van der Waals surface area contributed by atoms with Crippen LogP contribution in [0.2, 0.25) is 0 Å². The maximum Gasteiger partial charge on any atom is 0.184 e. The summed E-state index contributed by atoms with van der Waals surface area (Å²) in [5.74, 6) is 1.62. The molecule has 4 rings (SSSR count). The highest BCUT2D eigenvalue weighted by atomic mass is 16.5. The van der Waals surface area contributed by atoms with Gasteiger partial charge in [-0.25, -0.2) is 9.97 Å². The highest BCUT2D eigenvalue weighted by Gasteiger charge is 2.11. The zero-order chi connectivity index (χ0) is 15.6. The van der Waals surface area contributed by atoms with Crippen LogP contribution in [0.4, 0.5) is 0 Å². The lowest BCUT2D eigenvalue weighted by Crippen LogP contribution is -1.88. The van der Waals surface area contributed by atoms with E-state index in [1.54, 1.807) is 6.20 Å². The maximum atomic E-state index is 5.87. The van der Waals surface area contributed by atoms with Gasteiger partial charge in [0, 0.05) is 11.8 Å². The number of aromatic nitrogens is 4. The van der Waals surface area contributed by atoms with E-state index in [1.807, 2.05) is 55.5 Å². The molecule has 0 radical (unpaired) electrons. The molecule has 0 amide bonds. The number of benzene rings is 2. The van der Waals surface area contributed by atoms with E-state index in [1.165, 1.54) is 6.33 Å². The van der Waals surface area contributed by atoms with E-state index in [0.717, 1.165) is 33.7 Å². The Balaban J connectivity index is 1.71. The van der Waals surface area contributed by atoms with E-state index in [9.17, 15) is 0 Å². The maximum absolute atomic E-state index is 5.87. The smallest absolute Gasteiger partial charge is 0.184 e. The van der Waals surface area contributed by atoms with Gasteiger partial charge in [0.2, 0.25) is 0 Å². The quantitative estimate of drug-likeness (QED) is 0.618. The number of hydrogen-bond donors (Lipinski definition) is 1. The van der Waals surface area contributed by atoms with Crippen molar-refractivity contribution in [3.8, 4) is 22.8 Å². The van der Waals surface area contributed by atoms with Crippen molar-refractivity contribution in [3.05, 3.63) is 66.6 Å². The highest BCUT2D eigenvalue weighted by Crippen LogP contribution is 2.31. The Hall–Kier alpha value is -3.21. The van der Waals surface area contributed by atoms with Gasteiger partial charge in [-0.1, -0.05) is 18.2 Å². The summed E-state index contributed by atoms with van der Waals surface area (Å²) in [6, 6.07) is 15.7. The molecule has 0 saturated carbocycles. The Morgan fingerprint density at radius 3 is 2.70 bits per heavy atom. The first-order chi connectivity index (χ1) is 11.3. The van der Waals surface area contributed by atoms with Gasteiger partial charge in [-0.15, -0.1) is 0 Å². The Bertz CT molecular complexity index is 963. The Kier molecular flexibility index (Phi) is 3.24. The fourth-order valence-corrected chi connectivity index (χ4v) is 2.57. The molecule has 2 aromatic heterocycles. The molecule has 0 atom stereocenters. The van der Waals surface area contributed by atoms with Crippen molar-refractivity contribution in [1.82, 2.24) is 20.2 Å². The molecule has 0 saturated heterocycles. The van der Waals surface area contributed by atoms with Crippen LogP contribution < -0.4 is 4.74 Å². The number of rotatable bonds is 3. The number of para-hydroxylation sites is 1. The second-order valence-electron chi connectivity index (χ2n) is 5.25. The number of aryl methyl sites for hydroxylation is 1. The number of fused-ring (bicyclic) bond motifs is 1. The van der Waals surface area contributed by atoms with Crippen molar-refractivity contribution < 1.29 is 4.74 Å². The van der Waals surface area contributed by atoms with Crippen molar-refractivity contribution in [2.45, 2.75) is 6.92 Å². The number of nitrogens with one attached hydrogen (secondary N) is 1. The van der Waals surface area contributed by atoms with Crippen LogP contribution in [0, 0.1) is 6.92 Å². The van der Waals surface area contributed by atoms with Gasteiger partial charge in [0.1, 0.15) is 17.8 Å². The van der Waals surface area contributed by atoms with Crippen LogP contribution in [-0.4, -0.2) is 20.2 Å². The van der Waals surface area contributed by atoms with Crippen LogP contribution in [0.15, 0.2) is 61.1 Å². The first-order valence-corrected chi connectivity index (χ1v) is 7.29. The predicted molar refractivity (Wildman–Crippen MR) is 88.4 cm³/mol. The van der Waals surface area contributed by atoms with E-state index < -0.39 is 0 Å². The van der Waals surface area contributed by atoms with E-state index in [4.69, 9.17) is 4.74 Å². The number of H-pyrrole nitrogens is 1. The lowest BCUT2D eigenvalue weighted by Gasteiger charge is -2.09. The summed E-state index contributed by atoms with van der Waals surface area (Å²) in [6.07, 6.45) is 3.27. The minimum absolute atomic E-state index is 0.666. The molecule has 4 aromatic rings. The molecule has 0 fully saturated rings. The monoisotopic (exact) mass is 302 g/mol. The van der Waals surface area contributed by atoms with Gasteiger partial charge >= 0.3 is 0 Å². The summed E-state index contributed by atoms with van der Waals surface area (Å²) in [4.78, 5) is 8.23. The molecule has 0 aliphatic rings. The van der Waals surface area contributed by atoms with E-state index in [2.05, 4.69) is 20.2 Å². The van der Waals surface area contributed by atoms with Crippen LogP contribution in [-0.2, 0) is 0 Å². The summed E-state index contributed by atoms with van der Waals surface area (Å²) < 4.78 is 5.87. The van der Waals surface area contributed by atoms with Crippen molar-refractivity contribution >= 4 is 11.0 Å². The average molecular weight is 302 g/mol. The molecule has 0 bridgehead atoms. The molecule has 2 heterocycles. The standard InChI is InChI=1S/C18H14N4O/c1-12-9-14(23-13-5-3-2-4-6-13)7-8-15(12)17-16-10-19-11-20-18(16)22-21-17/h2-11H,1H3,(H,19,20,21,22). The Labute approximate surface area is 133 Å². The number of nitrogens with zero attached hydrogens (tertiary/aromatic N) is 3. The van der Waals surface area contributed by atoms with Gasteiger partial charge in [-0.05, 0) is 42.8 Å². The molecule has 1 N–H and O–H groups in total. The summed E-state index contributed by atoms with van der Waals surface area (Å²) in [5, 5.41) is 8.18. The van der Waals surface area contributed by atoms with E-state index in [0.29, 0.717) is 5.65 Å². The first-order valence-electron chi connectivity index (χ1n) is 7.29. The SMILES string of the molecule is Cc1cc(Oc2ccccc2)ccc1-c1[nH]nc2ncncc12. The lowest BCUT2D eigenvalue weighted by atomic mass is 10.0. The lowest BCUT2D eigenvalue weighted by molar-refractivity contribution is 0.482.